The van der Waals surface area contributed by atoms with Crippen molar-refractivity contribution >= 4 is 22.1 Å². The highest BCUT2D eigenvalue weighted by Crippen LogP contribution is 2.29. The maximum Gasteiger partial charge on any atom is 0.173 e. The molecule has 0 radical (unpaired) electrons. The zero-order valence-electron chi connectivity index (χ0n) is 18.9. The Balaban J connectivity index is 1.27. The summed E-state index contributed by atoms with van der Waals surface area (Å²) < 4.78 is 30.3. The number of pyridine rings is 2. The molecule has 34 heavy (non-hydrogen) atoms. The molecule has 0 amide bonds. The van der Waals surface area contributed by atoms with E-state index in [9.17, 15) is 4.39 Å². The van der Waals surface area contributed by atoms with Crippen molar-refractivity contribution in [1.29, 1.82) is 0 Å². The summed E-state index contributed by atoms with van der Waals surface area (Å²) in [5.74, 6) is -0.0843. The number of hydrogen-bond donors (Lipinski definition) is 0. The summed E-state index contributed by atoms with van der Waals surface area (Å²) in [6.45, 7) is 2.01. The van der Waals surface area contributed by atoms with E-state index >= 15 is 0 Å². The minimum absolute atomic E-state index is 0.00121. The Hall–Kier alpha value is -3.71. The van der Waals surface area contributed by atoms with E-state index in [0.29, 0.717) is 19.8 Å². The Morgan fingerprint density at radius 2 is 1.94 bits per heavy atom. The number of hydrogen-bond acceptors (Lipinski definition) is 4. The lowest BCUT2D eigenvalue weighted by atomic mass is 10.1. The van der Waals surface area contributed by atoms with Crippen LogP contribution in [0, 0.1) is 5.82 Å². The zero-order valence-corrected chi connectivity index (χ0v) is 18.9. The predicted octanol–water partition coefficient (Wildman–Crippen LogP) is 5.34. The highest BCUT2D eigenvalue weighted by atomic mass is 19.1. The lowest BCUT2D eigenvalue weighted by Gasteiger charge is -2.24. The molecule has 1 aliphatic heterocycles. The molecule has 1 fully saturated rings. The van der Waals surface area contributed by atoms with Gasteiger partial charge in [-0.3, -0.25) is 14.3 Å². The van der Waals surface area contributed by atoms with Crippen LogP contribution in [0.3, 0.4) is 0 Å². The number of aryl methyl sites for hydroxylation is 1. The molecule has 1 aliphatic rings. The Kier molecular flexibility index (Phi) is 5.26. The van der Waals surface area contributed by atoms with Gasteiger partial charge in [-0.1, -0.05) is 12.1 Å². The first-order valence-electron chi connectivity index (χ1n) is 11.6. The maximum atomic E-state index is 14.8. The molecule has 0 saturated carbocycles. The van der Waals surface area contributed by atoms with Crippen LogP contribution in [0.1, 0.15) is 18.4 Å². The van der Waals surface area contributed by atoms with Gasteiger partial charge in [0.05, 0.1) is 31.0 Å². The average molecular weight is 457 g/mol. The molecule has 6 rings (SSSR count). The second-order valence-electron chi connectivity index (χ2n) is 8.73. The summed E-state index contributed by atoms with van der Waals surface area (Å²) in [5.41, 5.74) is 5.54. The first-order chi connectivity index (χ1) is 16.7. The topological polar surface area (TPSA) is 54.1 Å². The van der Waals surface area contributed by atoms with Crippen LogP contribution in [-0.4, -0.2) is 38.6 Å². The van der Waals surface area contributed by atoms with E-state index in [1.807, 2.05) is 37.4 Å². The van der Waals surface area contributed by atoms with Gasteiger partial charge >= 0.3 is 0 Å². The van der Waals surface area contributed by atoms with E-state index in [1.54, 1.807) is 12.3 Å². The average Bonchev–Trinajstić information content (AvgIpc) is 2.88. The van der Waals surface area contributed by atoms with Gasteiger partial charge in [-0.2, -0.15) is 0 Å². The number of benzene rings is 2. The number of ether oxygens (including phenoxy) is 2. The van der Waals surface area contributed by atoms with Gasteiger partial charge in [0.15, 0.2) is 17.2 Å². The fourth-order valence-corrected chi connectivity index (χ4v) is 4.58. The number of halogens is 1. The normalized spacial score (nSPS) is 14.8. The lowest BCUT2D eigenvalue weighted by molar-refractivity contribution is 0.0240. The van der Waals surface area contributed by atoms with Crippen LogP contribution in [0.2, 0.25) is 0 Å². The van der Waals surface area contributed by atoms with Crippen LogP contribution in [0.25, 0.3) is 33.3 Å². The molecular formula is C27H25FN4O2. The highest BCUT2D eigenvalue weighted by molar-refractivity contribution is 5.80. The first-order valence-corrected chi connectivity index (χ1v) is 11.6. The van der Waals surface area contributed by atoms with E-state index in [1.165, 1.54) is 11.6 Å². The monoisotopic (exact) mass is 456 g/mol. The van der Waals surface area contributed by atoms with Crippen molar-refractivity contribution < 1.29 is 13.9 Å². The lowest BCUT2D eigenvalue weighted by Crippen LogP contribution is -2.26. The van der Waals surface area contributed by atoms with E-state index in [0.717, 1.165) is 46.2 Å². The van der Waals surface area contributed by atoms with E-state index in [4.69, 9.17) is 14.5 Å². The standard InChI is InChI=1S/C27H25FN4O2/c1-31-25-8-7-24(20-5-9-26(22(28)16-20)34-21-10-13-33-14-11-21)30-27(25)32(31)17-18-4-6-23-19(15-18)3-2-12-29-23/h2-9,12,15-16,21H,10-11,13-14,17H2,1H3. The fourth-order valence-electron chi connectivity index (χ4n) is 4.58. The summed E-state index contributed by atoms with van der Waals surface area (Å²) in [5, 5.41) is 1.11. The summed E-state index contributed by atoms with van der Waals surface area (Å²) >= 11 is 0. The third-order valence-corrected chi connectivity index (χ3v) is 6.50. The molecule has 7 heteroatoms. The molecule has 1 saturated heterocycles. The molecule has 172 valence electrons. The summed E-state index contributed by atoms with van der Waals surface area (Å²) in [4.78, 5) is 9.25. The van der Waals surface area contributed by atoms with E-state index in [-0.39, 0.29) is 17.7 Å². The third-order valence-electron chi connectivity index (χ3n) is 6.50. The number of rotatable bonds is 5. The Bertz CT molecular complexity index is 1480. The number of aromatic nitrogens is 4. The molecule has 3 aromatic heterocycles. The van der Waals surface area contributed by atoms with Crippen molar-refractivity contribution in [1.82, 2.24) is 19.3 Å². The maximum absolute atomic E-state index is 14.8. The van der Waals surface area contributed by atoms with Gasteiger partial charge < -0.3 is 9.47 Å². The molecule has 0 bridgehead atoms. The van der Waals surface area contributed by atoms with Crippen molar-refractivity contribution in [2.24, 2.45) is 7.05 Å². The van der Waals surface area contributed by atoms with Gasteiger partial charge in [0.2, 0.25) is 0 Å². The summed E-state index contributed by atoms with van der Waals surface area (Å²) in [6, 6.07) is 19.4. The molecule has 2 aromatic carbocycles. The molecule has 0 unspecified atom stereocenters. The number of nitrogens with zero attached hydrogens (tertiary/aromatic N) is 4. The molecule has 5 aromatic rings. The van der Waals surface area contributed by atoms with Crippen molar-refractivity contribution in [3.8, 4) is 17.0 Å². The molecule has 0 spiro atoms. The van der Waals surface area contributed by atoms with Crippen molar-refractivity contribution in [3.63, 3.8) is 0 Å². The molecule has 4 heterocycles. The second kappa shape index (κ2) is 8.57. The van der Waals surface area contributed by atoms with Gasteiger partial charge in [-0.05, 0) is 54.1 Å². The molecular weight excluding hydrogens is 431 g/mol. The SMILES string of the molecule is Cn1c2ccc(-c3ccc(OC4CCOCC4)c(F)c3)nc2n1Cc1ccc2ncccc2c1. The molecule has 0 atom stereocenters. The van der Waals surface area contributed by atoms with Crippen LogP contribution in [-0.2, 0) is 18.3 Å². The van der Waals surface area contributed by atoms with Crippen LogP contribution in [0.4, 0.5) is 4.39 Å². The van der Waals surface area contributed by atoms with E-state index < -0.39 is 0 Å². The van der Waals surface area contributed by atoms with Gasteiger partial charge in [0.1, 0.15) is 11.6 Å². The van der Waals surface area contributed by atoms with Crippen LogP contribution in [0.5, 0.6) is 5.75 Å². The van der Waals surface area contributed by atoms with Crippen LogP contribution in [0.15, 0.2) is 66.9 Å². The largest absolute Gasteiger partial charge is 0.487 e. The van der Waals surface area contributed by atoms with Crippen LogP contribution >= 0.6 is 0 Å². The van der Waals surface area contributed by atoms with Gasteiger partial charge in [0.25, 0.3) is 0 Å². The predicted molar refractivity (Wildman–Crippen MR) is 129 cm³/mol. The fraction of sp³-hybridized carbons (Fsp3) is 0.259. The van der Waals surface area contributed by atoms with Gasteiger partial charge in [-0.25, -0.2) is 9.37 Å². The van der Waals surface area contributed by atoms with Gasteiger partial charge in [-0.15, -0.1) is 0 Å². The minimum atomic E-state index is -0.368. The smallest absolute Gasteiger partial charge is 0.173 e. The zero-order chi connectivity index (χ0) is 23.1. The Labute approximate surface area is 196 Å². The number of fused-ring (bicyclic) bond motifs is 2. The Morgan fingerprint density at radius 1 is 1.06 bits per heavy atom. The molecule has 0 aliphatic carbocycles. The van der Waals surface area contributed by atoms with Crippen molar-refractivity contribution in [2.45, 2.75) is 25.5 Å². The van der Waals surface area contributed by atoms with Gasteiger partial charge in [0, 0.05) is 37.0 Å². The first kappa shape index (κ1) is 20.9. The quantitative estimate of drug-likeness (QED) is 0.359. The third kappa shape index (κ3) is 3.82. The highest BCUT2D eigenvalue weighted by Gasteiger charge is 2.18. The minimum Gasteiger partial charge on any atom is -0.487 e. The molecule has 0 N–H and O–H groups in total. The van der Waals surface area contributed by atoms with Crippen LogP contribution < -0.4 is 4.74 Å². The van der Waals surface area contributed by atoms with E-state index in [2.05, 4.69) is 32.5 Å². The van der Waals surface area contributed by atoms with Crippen molar-refractivity contribution in [3.05, 3.63) is 78.2 Å². The summed E-state index contributed by atoms with van der Waals surface area (Å²) in [6.07, 6.45) is 3.37. The summed E-state index contributed by atoms with van der Waals surface area (Å²) in [7, 11) is 2.02. The second-order valence-corrected chi connectivity index (χ2v) is 8.73. The van der Waals surface area contributed by atoms with Crippen molar-refractivity contribution in [2.75, 3.05) is 13.2 Å². The molecule has 6 nitrogen and oxygen atoms in total. The Morgan fingerprint density at radius 3 is 2.79 bits per heavy atom.